The van der Waals surface area contributed by atoms with E-state index in [4.69, 9.17) is 5.84 Å². The van der Waals surface area contributed by atoms with Gasteiger partial charge in [0.2, 0.25) is 0 Å². The number of nitrogens with two attached hydrogens (primary N) is 1. The van der Waals surface area contributed by atoms with Crippen LogP contribution in [-0.4, -0.2) is 22.0 Å². The summed E-state index contributed by atoms with van der Waals surface area (Å²) in [7, 11) is 0. The number of pyridine rings is 1. The van der Waals surface area contributed by atoms with E-state index < -0.39 is 0 Å². The van der Waals surface area contributed by atoms with Crippen molar-refractivity contribution in [1.82, 2.24) is 4.98 Å². The lowest BCUT2D eigenvalue weighted by Gasteiger charge is -2.20. The van der Waals surface area contributed by atoms with Crippen LogP contribution in [0.1, 0.15) is 26.2 Å². The van der Waals surface area contributed by atoms with Crippen LogP contribution in [0, 0.1) is 0 Å². The molecule has 94 valence electrons. The fraction of sp³-hybridized carbons (Fsp3) is 0.583. The molecular formula is C12H20N4S. The molecular weight excluding hydrogens is 232 g/mol. The Bertz CT molecular complexity index is 358. The number of nitrogens with one attached hydrogen (secondary N) is 2. The number of aromatic nitrogens is 1. The molecule has 4 nitrogen and oxygen atoms in total. The lowest BCUT2D eigenvalue weighted by molar-refractivity contribution is 0.763. The van der Waals surface area contributed by atoms with E-state index in [9.17, 15) is 0 Å². The van der Waals surface area contributed by atoms with Crippen molar-refractivity contribution in [3.05, 3.63) is 18.2 Å². The van der Waals surface area contributed by atoms with Crippen LogP contribution in [-0.2, 0) is 0 Å². The van der Waals surface area contributed by atoms with Gasteiger partial charge in [0.25, 0.3) is 0 Å². The first kappa shape index (κ1) is 12.5. The number of hydrogen-bond donors (Lipinski definition) is 3. The highest BCUT2D eigenvalue weighted by molar-refractivity contribution is 7.99. The molecule has 2 unspecified atom stereocenters. The molecule has 0 aliphatic heterocycles. The smallest absolute Gasteiger partial charge is 0.142 e. The number of nitrogens with zero attached hydrogens (tertiary/aromatic N) is 1. The van der Waals surface area contributed by atoms with Crippen molar-refractivity contribution in [3.8, 4) is 0 Å². The molecule has 17 heavy (non-hydrogen) atoms. The highest BCUT2D eigenvalue weighted by atomic mass is 32.2. The summed E-state index contributed by atoms with van der Waals surface area (Å²) in [5, 5.41) is 4.24. The first-order valence-corrected chi connectivity index (χ1v) is 7.20. The molecule has 2 rings (SSSR count). The molecule has 4 N–H and O–H groups in total. The maximum atomic E-state index is 5.36. The average molecular weight is 252 g/mol. The van der Waals surface area contributed by atoms with E-state index in [1.54, 1.807) is 0 Å². The molecule has 1 aliphatic rings. The van der Waals surface area contributed by atoms with Crippen molar-refractivity contribution >= 4 is 23.4 Å². The topological polar surface area (TPSA) is 63.0 Å². The molecule has 1 fully saturated rings. The molecule has 1 aromatic rings. The summed E-state index contributed by atoms with van der Waals surface area (Å²) in [5.41, 5.74) is 2.57. The number of nitrogen functional groups attached to an aromatic ring is 1. The Hall–Kier alpha value is -0.940. The largest absolute Gasteiger partial charge is 0.366 e. The van der Waals surface area contributed by atoms with E-state index in [2.05, 4.69) is 22.7 Å². The van der Waals surface area contributed by atoms with Gasteiger partial charge in [0, 0.05) is 11.3 Å². The van der Waals surface area contributed by atoms with Crippen molar-refractivity contribution in [3.63, 3.8) is 0 Å². The quantitative estimate of drug-likeness (QED) is 0.555. The van der Waals surface area contributed by atoms with Gasteiger partial charge in [-0.1, -0.05) is 19.4 Å². The second-order valence-electron chi connectivity index (χ2n) is 4.23. The van der Waals surface area contributed by atoms with E-state index in [1.807, 2.05) is 30.0 Å². The summed E-state index contributed by atoms with van der Waals surface area (Å²) in [6.07, 6.45) is 3.86. The summed E-state index contributed by atoms with van der Waals surface area (Å²) in [6.45, 7) is 2.22. The van der Waals surface area contributed by atoms with E-state index in [1.165, 1.54) is 25.0 Å². The summed E-state index contributed by atoms with van der Waals surface area (Å²) in [5.74, 6) is 8.15. The van der Waals surface area contributed by atoms with Crippen LogP contribution in [0.25, 0.3) is 0 Å². The summed E-state index contributed by atoms with van der Waals surface area (Å²) >= 11 is 2.05. The lowest BCUT2D eigenvalue weighted by atomic mass is 10.2. The summed E-state index contributed by atoms with van der Waals surface area (Å²) in [6, 6.07) is 6.35. The maximum Gasteiger partial charge on any atom is 0.142 e. The van der Waals surface area contributed by atoms with Gasteiger partial charge in [0.05, 0.1) is 0 Å². The van der Waals surface area contributed by atoms with Crippen molar-refractivity contribution < 1.29 is 0 Å². The van der Waals surface area contributed by atoms with Crippen molar-refractivity contribution in [1.29, 1.82) is 0 Å². The average Bonchev–Trinajstić information content (AvgIpc) is 2.78. The molecule has 0 aromatic carbocycles. The molecule has 0 spiro atoms. The number of anilines is 2. The number of hydrogen-bond acceptors (Lipinski definition) is 5. The number of thioether (sulfide) groups is 1. The van der Waals surface area contributed by atoms with Crippen LogP contribution in [0.15, 0.2) is 18.2 Å². The molecule has 1 saturated carbocycles. The highest BCUT2D eigenvalue weighted by Gasteiger charge is 2.27. The minimum Gasteiger partial charge on any atom is -0.366 e. The first-order chi connectivity index (χ1) is 8.33. The second kappa shape index (κ2) is 6.12. The molecule has 1 heterocycles. The van der Waals surface area contributed by atoms with Crippen LogP contribution < -0.4 is 16.6 Å². The van der Waals surface area contributed by atoms with Gasteiger partial charge in [-0.05, 0) is 30.7 Å². The Balaban J connectivity index is 1.99. The Morgan fingerprint density at radius 2 is 2.24 bits per heavy atom. The third kappa shape index (κ3) is 3.26. The second-order valence-corrected chi connectivity index (χ2v) is 5.74. The van der Waals surface area contributed by atoms with Gasteiger partial charge in [-0.3, -0.25) is 0 Å². The predicted molar refractivity (Wildman–Crippen MR) is 75.2 cm³/mol. The lowest BCUT2D eigenvalue weighted by Crippen LogP contribution is -2.26. The molecule has 2 atom stereocenters. The van der Waals surface area contributed by atoms with E-state index in [-0.39, 0.29) is 0 Å². The normalized spacial score (nSPS) is 23.6. The first-order valence-electron chi connectivity index (χ1n) is 6.15. The Kier molecular flexibility index (Phi) is 4.50. The molecule has 1 aliphatic carbocycles. The zero-order valence-electron chi connectivity index (χ0n) is 10.1. The monoisotopic (exact) mass is 252 g/mol. The predicted octanol–water partition coefficient (Wildman–Crippen LogP) is 2.45. The standard InChI is InChI=1S/C12H20N4S/c1-2-17-10-6-3-5-9(10)14-11-7-4-8-12(15-11)16-13/h4,7-10H,2-3,5-6,13H2,1H3,(H2,14,15,16). The van der Waals surface area contributed by atoms with Crippen LogP contribution in [0.5, 0.6) is 0 Å². The van der Waals surface area contributed by atoms with Crippen molar-refractivity contribution in [2.75, 3.05) is 16.5 Å². The Morgan fingerprint density at radius 3 is 3.00 bits per heavy atom. The molecule has 0 bridgehead atoms. The molecule has 0 amide bonds. The van der Waals surface area contributed by atoms with Crippen LogP contribution in [0.4, 0.5) is 11.6 Å². The molecule has 5 heteroatoms. The molecule has 0 saturated heterocycles. The van der Waals surface area contributed by atoms with E-state index in [0.717, 1.165) is 11.1 Å². The SMILES string of the molecule is CCSC1CCCC1Nc1cccc(NN)n1. The van der Waals surface area contributed by atoms with Gasteiger partial charge in [0.1, 0.15) is 11.6 Å². The van der Waals surface area contributed by atoms with Gasteiger partial charge in [-0.2, -0.15) is 11.8 Å². The maximum absolute atomic E-state index is 5.36. The van der Waals surface area contributed by atoms with Gasteiger partial charge >= 0.3 is 0 Å². The third-order valence-corrected chi connectivity index (χ3v) is 4.39. The van der Waals surface area contributed by atoms with E-state index in [0.29, 0.717) is 11.9 Å². The number of rotatable bonds is 5. The highest BCUT2D eigenvalue weighted by Crippen LogP contribution is 2.31. The van der Waals surface area contributed by atoms with Gasteiger partial charge in [0.15, 0.2) is 0 Å². The van der Waals surface area contributed by atoms with Crippen LogP contribution in [0.3, 0.4) is 0 Å². The molecule has 0 radical (unpaired) electrons. The zero-order valence-corrected chi connectivity index (χ0v) is 11.0. The van der Waals surface area contributed by atoms with Gasteiger partial charge in [-0.15, -0.1) is 0 Å². The summed E-state index contributed by atoms with van der Waals surface area (Å²) < 4.78 is 0. The van der Waals surface area contributed by atoms with Gasteiger partial charge < -0.3 is 10.7 Å². The number of hydrazine groups is 1. The van der Waals surface area contributed by atoms with Crippen molar-refractivity contribution in [2.45, 2.75) is 37.5 Å². The Labute approximate surface area is 107 Å². The third-order valence-electron chi connectivity index (χ3n) is 3.06. The van der Waals surface area contributed by atoms with Crippen LogP contribution in [0.2, 0.25) is 0 Å². The minimum atomic E-state index is 0.542. The zero-order chi connectivity index (χ0) is 12.1. The minimum absolute atomic E-state index is 0.542. The fourth-order valence-corrected chi connectivity index (χ4v) is 3.49. The van der Waals surface area contributed by atoms with Crippen LogP contribution >= 0.6 is 11.8 Å². The Morgan fingerprint density at radius 1 is 1.41 bits per heavy atom. The fourth-order valence-electron chi connectivity index (χ4n) is 2.29. The molecule has 1 aromatic heterocycles. The van der Waals surface area contributed by atoms with Crippen molar-refractivity contribution in [2.24, 2.45) is 5.84 Å². The van der Waals surface area contributed by atoms with E-state index >= 15 is 0 Å². The summed E-state index contributed by atoms with van der Waals surface area (Å²) in [4.78, 5) is 4.39. The van der Waals surface area contributed by atoms with Gasteiger partial charge in [-0.25, -0.2) is 10.8 Å².